The quantitative estimate of drug-likeness (QED) is 0.821. The average molecular weight is 217 g/mol. The Balaban J connectivity index is 2.35. The van der Waals surface area contributed by atoms with Crippen molar-refractivity contribution >= 4 is 16.9 Å². The number of aliphatic hydroxyl groups is 1. The first-order valence-corrected chi connectivity index (χ1v) is 4.91. The average Bonchev–Trinajstić information content (AvgIpc) is 2.27. The SMILES string of the molecule is O=C(O)CC(O)c1ccc2cccnc2c1. The van der Waals surface area contributed by atoms with Crippen molar-refractivity contribution in [2.75, 3.05) is 0 Å². The predicted molar refractivity (Wildman–Crippen MR) is 59.0 cm³/mol. The van der Waals surface area contributed by atoms with Crippen molar-refractivity contribution in [1.82, 2.24) is 4.98 Å². The van der Waals surface area contributed by atoms with E-state index in [1.54, 1.807) is 18.3 Å². The maximum Gasteiger partial charge on any atom is 0.306 e. The third-order valence-corrected chi connectivity index (χ3v) is 2.38. The fourth-order valence-corrected chi connectivity index (χ4v) is 1.57. The normalized spacial score (nSPS) is 12.6. The summed E-state index contributed by atoms with van der Waals surface area (Å²) >= 11 is 0. The highest BCUT2D eigenvalue weighted by Crippen LogP contribution is 2.20. The fourth-order valence-electron chi connectivity index (χ4n) is 1.57. The maximum absolute atomic E-state index is 10.5. The zero-order valence-electron chi connectivity index (χ0n) is 8.50. The van der Waals surface area contributed by atoms with Crippen LogP contribution in [0.4, 0.5) is 0 Å². The van der Waals surface area contributed by atoms with Crippen LogP contribution in [0.2, 0.25) is 0 Å². The molecule has 4 heteroatoms. The Labute approximate surface area is 92.2 Å². The number of benzene rings is 1. The minimum Gasteiger partial charge on any atom is -0.481 e. The van der Waals surface area contributed by atoms with Gasteiger partial charge in [-0.1, -0.05) is 18.2 Å². The van der Waals surface area contributed by atoms with Crippen LogP contribution in [-0.2, 0) is 4.79 Å². The molecule has 2 aromatic rings. The second-order valence-electron chi connectivity index (χ2n) is 3.57. The Hall–Kier alpha value is -1.94. The number of hydrogen-bond donors (Lipinski definition) is 2. The molecule has 0 fully saturated rings. The smallest absolute Gasteiger partial charge is 0.306 e. The van der Waals surface area contributed by atoms with Crippen molar-refractivity contribution in [1.29, 1.82) is 0 Å². The van der Waals surface area contributed by atoms with Gasteiger partial charge in [-0.05, 0) is 17.7 Å². The molecule has 1 heterocycles. The van der Waals surface area contributed by atoms with Crippen LogP contribution in [0.1, 0.15) is 18.1 Å². The molecule has 0 saturated heterocycles. The van der Waals surface area contributed by atoms with Crippen molar-refractivity contribution in [2.45, 2.75) is 12.5 Å². The van der Waals surface area contributed by atoms with E-state index in [2.05, 4.69) is 4.98 Å². The van der Waals surface area contributed by atoms with Gasteiger partial charge >= 0.3 is 5.97 Å². The number of nitrogens with zero attached hydrogens (tertiary/aromatic N) is 1. The molecular formula is C12H11NO3. The first kappa shape index (κ1) is 10.6. The van der Waals surface area contributed by atoms with Gasteiger partial charge in [0.15, 0.2) is 0 Å². The van der Waals surface area contributed by atoms with Crippen LogP contribution in [0, 0.1) is 0 Å². The Morgan fingerprint density at radius 2 is 2.19 bits per heavy atom. The summed E-state index contributed by atoms with van der Waals surface area (Å²) in [5.74, 6) is -1.02. The minimum absolute atomic E-state index is 0.293. The zero-order valence-corrected chi connectivity index (χ0v) is 8.50. The van der Waals surface area contributed by atoms with Crippen LogP contribution in [0.5, 0.6) is 0 Å². The Morgan fingerprint density at radius 3 is 2.94 bits per heavy atom. The summed E-state index contributed by atoms with van der Waals surface area (Å²) < 4.78 is 0. The van der Waals surface area contributed by atoms with Crippen molar-refractivity contribution in [2.24, 2.45) is 0 Å². The lowest BCUT2D eigenvalue weighted by Crippen LogP contribution is -2.05. The first-order valence-electron chi connectivity index (χ1n) is 4.91. The molecule has 0 aliphatic heterocycles. The van der Waals surface area contributed by atoms with E-state index in [1.165, 1.54) is 0 Å². The van der Waals surface area contributed by atoms with Gasteiger partial charge < -0.3 is 10.2 Å². The minimum atomic E-state index is -1.02. The van der Waals surface area contributed by atoms with Gasteiger partial charge in [0.25, 0.3) is 0 Å². The summed E-state index contributed by atoms with van der Waals surface area (Å²) in [6.45, 7) is 0. The summed E-state index contributed by atoms with van der Waals surface area (Å²) in [5.41, 5.74) is 1.33. The molecule has 2 N–H and O–H groups in total. The van der Waals surface area contributed by atoms with E-state index in [9.17, 15) is 9.90 Å². The number of carbonyl (C=O) groups is 1. The second-order valence-corrected chi connectivity index (χ2v) is 3.57. The third kappa shape index (κ3) is 2.17. The summed E-state index contributed by atoms with van der Waals surface area (Å²) in [4.78, 5) is 14.6. The number of aliphatic hydroxyl groups excluding tert-OH is 1. The number of fused-ring (bicyclic) bond motifs is 1. The molecule has 0 aliphatic rings. The van der Waals surface area contributed by atoms with Crippen LogP contribution in [-0.4, -0.2) is 21.2 Å². The number of rotatable bonds is 3. The summed E-state index contributed by atoms with van der Waals surface area (Å²) in [6.07, 6.45) is 0.387. The van der Waals surface area contributed by atoms with E-state index in [-0.39, 0.29) is 6.42 Å². The van der Waals surface area contributed by atoms with Crippen LogP contribution < -0.4 is 0 Å². The lowest BCUT2D eigenvalue weighted by molar-refractivity contribution is -0.139. The molecule has 0 amide bonds. The van der Waals surface area contributed by atoms with E-state index in [0.717, 1.165) is 10.9 Å². The summed E-state index contributed by atoms with van der Waals surface area (Å²) in [6, 6.07) is 8.99. The van der Waals surface area contributed by atoms with Gasteiger partial charge in [0.05, 0.1) is 18.0 Å². The van der Waals surface area contributed by atoms with Gasteiger partial charge in [-0.2, -0.15) is 0 Å². The van der Waals surface area contributed by atoms with Gasteiger partial charge in [-0.3, -0.25) is 9.78 Å². The van der Waals surface area contributed by atoms with E-state index in [1.807, 2.05) is 18.2 Å². The molecule has 0 spiro atoms. The summed E-state index contributed by atoms with van der Waals surface area (Å²) in [7, 11) is 0. The molecule has 0 aliphatic carbocycles. The van der Waals surface area contributed by atoms with Gasteiger partial charge in [-0.15, -0.1) is 0 Å². The molecule has 2 rings (SSSR count). The molecule has 1 atom stereocenters. The van der Waals surface area contributed by atoms with Gasteiger partial charge in [0, 0.05) is 11.6 Å². The Kier molecular flexibility index (Phi) is 2.83. The van der Waals surface area contributed by atoms with Crippen molar-refractivity contribution in [3.05, 3.63) is 42.1 Å². The molecule has 0 saturated carbocycles. The molecule has 16 heavy (non-hydrogen) atoms. The molecule has 1 aromatic carbocycles. The summed E-state index contributed by atoms with van der Waals surface area (Å²) in [5, 5.41) is 19.2. The second kappa shape index (κ2) is 4.28. The molecule has 1 aromatic heterocycles. The van der Waals surface area contributed by atoms with E-state index >= 15 is 0 Å². The van der Waals surface area contributed by atoms with E-state index in [4.69, 9.17) is 5.11 Å². The van der Waals surface area contributed by atoms with Crippen LogP contribution in [0.25, 0.3) is 10.9 Å². The number of pyridine rings is 1. The van der Waals surface area contributed by atoms with Crippen LogP contribution in [0.15, 0.2) is 36.5 Å². The van der Waals surface area contributed by atoms with Crippen molar-refractivity contribution < 1.29 is 15.0 Å². The molecule has 1 unspecified atom stereocenters. The monoisotopic (exact) mass is 217 g/mol. The Morgan fingerprint density at radius 1 is 1.38 bits per heavy atom. The predicted octanol–water partition coefficient (Wildman–Crippen LogP) is 1.74. The number of hydrogen-bond acceptors (Lipinski definition) is 3. The number of aromatic nitrogens is 1. The highest BCUT2D eigenvalue weighted by Gasteiger charge is 2.12. The molecule has 0 bridgehead atoms. The standard InChI is InChI=1S/C12H11NO3/c14-11(7-12(15)16)9-4-3-8-2-1-5-13-10(8)6-9/h1-6,11,14H,7H2,(H,15,16). The number of carboxylic acid groups (broad SMARTS) is 1. The van der Waals surface area contributed by atoms with E-state index in [0.29, 0.717) is 5.56 Å². The Bertz CT molecular complexity index is 524. The number of carboxylic acids is 1. The lowest BCUT2D eigenvalue weighted by Gasteiger charge is -2.08. The van der Waals surface area contributed by atoms with Crippen molar-refractivity contribution in [3.8, 4) is 0 Å². The van der Waals surface area contributed by atoms with Gasteiger partial charge in [0.1, 0.15) is 0 Å². The zero-order chi connectivity index (χ0) is 11.5. The van der Waals surface area contributed by atoms with Crippen LogP contribution >= 0.6 is 0 Å². The number of aliphatic carboxylic acids is 1. The highest BCUT2D eigenvalue weighted by atomic mass is 16.4. The maximum atomic E-state index is 10.5. The lowest BCUT2D eigenvalue weighted by atomic mass is 10.0. The molecule has 0 radical (unpaired) electrons. The third-order valence-electron chi connectivity index (χ3n) is 2.38. The van der Waals surface area contributed by atoms with E-state index < -0.39 is 12.1 Å². The molecular weight excluding hydrogens is 206 g/mol. The molecule has 4 nitrogen and oxygen atoms in total. The van der Waals surface area contributed by atoms with Gasteiger partial charge in [-0.25, -0.2) is 0 Å². The topological polar surface area (TPSA) is 70.4 Å². The van der Waals surface area contributed by atoms with Crippen molar-refractivity contribution in [3.63, 3.8) is 0 Å². The largest absolute Gasteiger partial charge is 0.481 e. The molecule has 82 valence electrons. The highest BCUT2D eigenvalue weighted by molar-refractivity contribution is 5.79. The van der Waals surface area contributed by atoms with Gasteiger partial charge in [0.2, 0.25) is 0 Å². The fraction of sp³-hybridized carbons (Fsp3) is 0.167. The first-order chi connectivity index (χ1) is 7.66. The van der Waals surface area contributed by atoms with Crippen LogP contribution in [0.3, 0.4) is 0 Å².